The maximum absolute atomic E-state index is 12.5. The largest absolute Gasteiger partial charge is 0.392 e. The second-order valence-electron chi connectivity index (χ2n) is 4.95. The summed E-state index contributed by atoms with van der Waals surface area (Å²) in [5.41, 5.74) is 7.30. The number of rotatable bonds is 3. The van der Waals surface area contributed by atoms with Crippen LogP contribution in [0, 0.1) is 6.92 Å². The topological polar surface area (TPSA) is 49.6 Å². The highest BCUT2D eigenvalue weighted by Gasteiger charge is 2.23. The molecule has 0 saturated carbocycles. The molecule has 2 rings (SSSR count). The first-order valence-corrected chi connectivity index (χ1v) is 7.74. The van der Waals surface area contributed by atoms with Crippen LogP contribution in [0.15, 0.2) is 22.7 Å². The third kappa shape index (κ3) is 3.56. The molecule has 0 unspecified atom stereocenters. The van der Waals surface area contributed by atoms with Gasteiger partial charge in [-0.3, -0.25) is 9.69 Å². The van der Waals surface area contributed by atoms with E-state index in [1.807, 2.05) is 30.0 Å². The third-order valence-electron chi connectivity index (χ3n) is 3.54. The summed E-state index contributed by atoms with van der Waals surface area (Å²) in [6.45, 7) is 5.65. The molecular formula is C14H18BrN3OS. The van der Waals surface area contributed by atoms with E-state index in [0.29, 0.717) is 24.6 Å². The zero-order chi connectivity index (χ0) is 14.7. The first kappa shape index (κ1) is 15.4. The molecule has 0 bridgehead atoms. The van der Waals surface area contributed by atoms with Crippen LogP contribution in [0.1, 0.15) is 15.9 Å². The summed E-state index contributed by atoms with van der Waals surface area (Å²) in [5.74, 6) is 0.0961. The van der Waals surface area contributed by atoms with Gasteiger partial charge in [-0.2, -0.15) is 0 Å². The summed E-state index contributed by atoms with van der Waals surface area (Å²) in [7, 11) is 0. The Morgan fingerprint density at radius 3 is 2.60 bits per heavy atom. The Labute approximate surface area is 133 Å². The monoisotopic (exact) mass is 355 g/mol. The van der Waals surface area contributed by atoms with E-state index in [2.05, 4.69) is 20.8 Å². The highest BCUT2D eigenvalue weighted by molar-refractivity contribution is 9.10. The predicted molar refractivity (Wildman–Crippen MR) is 88.0 cm³/mol. The van der Waals surface area contributed by atoms with E-state index in [1.54, 1.807) is 0 Å². The molecular weight excluding hydrogens is 338 g/mol. The molecule has 4 nitrogen and oxygen atoms in total. The Balaban J connectivity index is 2.02. The minimum Gasteiger partial charge on any atom is -0.392 e. The average Bonchev–Trinajstić information content (AvgIpc) is 2.41. The minimum absolute atomic E-state index is 0.0961. The minimum atomic E-state index is 0.0961. The highest BCUT2D eigenvalue weighted by atomic mass is 79.9. The van der Waals surface area contributed by atoms with Crippen molar-refractivity contribution >= 4 is 39.0 Å². The molecule has 0 atom stereocenters. The first-order valence-electron chi connectivity index (χ1n) is 6.54. The molecule has 1 heterocycles. The molecule has 1 aromatic rings. The van der Waals surface area contributed by atoms with Crippen molar-refractivity contribution in [1.82, 2.24) is 9.80 Å². The molecule has 1 aromatic carbocycles. The smallest absolute Gasteiger partial charge is 0.254 e. The van der Waals surface area contributed by atoms with Crippen molar-refractivity contribution in [2.24, 2.45) is 5.73 Å². The first-order chi connectivity index (χ1) is 9.49. The zero-order valence-corrected chi connectivity index (χ0v) is 13.8. The molecule has 1 aliphatic heterocycles. The maximum atomic E-state index is 12.5. The van der Waals surface area contributed by atoms with Crippen molar-refractivity contribution in [3.8, 4) is 0 Å². The van der Waals surface area contributed by atoms with Crippen molar-refractivity contribution in [2.45, 2.75) is 6.92 Å². The van der Waals surface area contributed by atoms with Gasteiger partial charge in [0.1, 0.15) is 0 Å². The van der Waals surface area contributed by atoms with Gasteiger partial charge < -0.3 is 10.6 Å². The second kappa shape index (κ2) is 6.65. The van der Waals surface area contributed by atoms with Gasteiger partial charge in [-0.15, -0.1) is 0 Å². The Kier molecular flexibility index (Phi) is 5.12. The van der Waals surface area contributed by atoms with Crippen LogP contribution in [0.3, 0.4) is 0 Å². The predicted octanol–water partition coefficient (Wildman–Crippen LogP) is 1.80. The Morgan fingerprint density at radius 2 is 2.00 bits per heavy atom. The number of hydrogen-bond acceptors (Lipinski definition) is 3. The van der Waals surface area contributed by atoms with Crippen molar-refractivity contribution in [3.05, 3.63) is 33.8 Å². The summed E-state index contributed by atoms with van der Waals surface area (Å²) in [4.78, 5) is 17.1. The number of amides is 1. The summed E-state index contributed by atoms with van der Waals surface area (Å²) in [6, 6.07) is 5.73. The van der Waals surface area contributed by atoms with Crippen LogP contribution in [-0.2, 0) is 0 Å². The Morgan fingerprint density at radius 1 is 1.35 bits per heavy atom. The lowest BCUT2D eigenvalue weighted by Gasteiger charge is -2.34. The number of carbonyl (C=O) groups excluding carboxylic acids is 1. The fraction of sp³-hybridized carbons (Fsp3) is 0.429. The van der Waals surface area contributed by atoms with E-state index >= 15 is 0 Å². The van der Waals surface area contributed by atoms with Gasteiger partial charge in [0, 0.05) is 42.8 Å². The van der Waals surface area contributed by atoms with Crippen molar-refractivity contribution in [2.75, 3.05) is 32.7 Å². The van der Waals surface area contributed by atoms with Crippen molar-refractivity contribution in [1.29, 1.82) is 0 Å². The number of halogens is 1. The van der Waals surface area contributed by atoms with Crippen LogP contribution in [0.4, 0.5) is 0 Å². The molecule has 0 aromatic heterocycles. The number of nitrogens with two attached hydrogens (primary N) is 1. The number of benzene rings is 1. The van der Waals surface area contributed by atoms with Gasteiger partial charge in [-0.25, -0.2) is 0 Å². The van der Waals surface area contributed by atoms with Crippen LogP contribution in [0.2, 0.25) is 0 Å². The number of nitrogens with zero attached hydrogens (tertiary/aromatic N) is 2. The molecule has 1 amide bonds. The average molecular weight is 356 g/mol. The van der Waals surface area contributed by atoms with Gasteiger partial charge in [0.15, 0.2) is 0 Å². The maximum Gasteiger partial charge on any atom is 0.254 e. The fourth-order valence-electron chi connectivity index (χ4n) is 2.34. The van der Waals surface area contributed by atoms with Crippen molar-refractivity contribution < 1.29 is 4.79 Å². The van der Waals surface area contributed by atoms with Gasteiger partial charge in [0.25, 0.3) is 5.91 Å². The lowest BCUT2D eigenvalue weighted by molar-refractivity contribution is 0.0653. The summed E-state index contributed by atoms with van der Waals surface area (Å²) in [5, 5.41) is 0. The SMILES string of the molecule is Cc1c(Br)cccc1C(=O)N1CCN(CC(N)=S)CC1. The van der Waals surface area contributed by atoms with E-state index in [9.17, 15) is 4.79 Å². The van der Waals surface area contributed by atoms with E-state index in [0.717, 1.165) is 28.7 Å². The molecule has 0 radical (unpaired) electrons. The molecule has 0 aliphatic carbocycles. The Bertz CT molecular complexity index is 527. The quantitative estimate of drug-likeness (QED) is 0.840. The number of carbonyl (C=O) groups is 1. The van der Waals surface area contributed by atoms with Gasteiger partial charge in [-0.05, 0) is 24.6 Å². The molecule has 1 aliphatic rings. The summed E-state index contributed by atoms with van der Waals surface area (Å²) >= 11 is 8.38. The van der Waals surface area contributed by atoms with Gasteiger partial charge >= 0.3 is 0 Å². The molecule has 0 spiro atoms. The van der Waals surface area contributed by atoms with Crippen LogP contribution in [0.25, 0.3) is 0 Å². The van der Waals surface area contributed by atoms with E-state index in [1.165, 1.54) is 0 Å². The Hall–Kier alpha value is -0.980. The van der Waals surface area contributed by atoms with E-state index < -0.39 is 0 Å². The molecule has 108 valence electrons. The third-order valence-corrected chi connectivity index (χ3v) is 4.53. The van der Waals surface area contributed by atoms with Crippen LogP contribution < -0.4 is 5.73 Å². The van der Waals surface area contributed by atoms with Gasteiger partial charge in [0.2, 0.25) is 0 Å². The zero-order valence-electron chi connectivity index (χ0n) is 11.4. The van der Waals surface area contributed by atoms with Crippen LogP contribution >= 0.6 is 28.1 Å². The van der Waals surface area contributed by atoms with E-state index in [-0.39, 0.29) is 5.91 Å². The molecule has 6 heteroatoms. The molecule has 1 saturated heterocycles. The number of piperazine rings is 1. The van der Waals surface area contributed by atoms with E-state index in [4.69, 9.17) is 18.0 Å². The molecule has 20 heavy (non-hydrogen) atoms. The van der Waals surface area contributed by atoms with Crippen LogP contribution in [-0.4, -0.2) is 53.4 Å². The fourth-order valence-corrected chi connectivity index (χ4v) is 2.89. The normalized spacial score (nSPS) is 16.2. The van der Waals surface area contributed by atoms with Crippen molar-refractivity contribution in [3.63, 3.8) is 0 Å². The molecule has 1 fully saturated rings. The number of hydrogen-bond donors (Lipinski definition) is 1. The van der Waals surface area contributed by atoms with Gasteiger partial charge in [0.05, 0.1) is 4.99 Å². The van der Waals surface area contributed by atoms with Gasteiger partial charge in [-0.1, -0.05) is 34.2 Å². The summed E-state index contributed by atoms with van der Waals surface area (Å²) < 4.78 is 0.968. The number of thiocarbonyl (C=S) groups is 1. The second-order valence-corrected chi connectivity index (χ2v) is 6.33. The summed E-state index contributed by atoms with van der Waals surface area (Å²) in [6.07, 6.45) is 0. The lowest BCUT2D eigenvalue weighted by atomic mass is 10.1. The highest BCUT2D eigenvalue weighted by Crippen LogP contribution is 2.21. The standard InChI is InChI=1S/C14H18BrN3OS/c1-10-11(3-2-4-12(10)15)14(19)18-7-5-17(6-8-18)9-13(16)20/h2-4H,5-9H2,1H3,(H2,16,20). The van der Waals surface area contributed by atoms with Crippen LogP contribution in [0.5, 0.6) is 0 Å². The lowest BCUT2D eigenvalue weighted by Crippen LogP contribution is -2.50. The molecule has 2 N–H and O–H groups in total.